The molecular formula is C27H41N5. The lowest BCUT2D eigenvalue weighted by Crippen LogP contribution is -2.51. The number of nitrogens with zero attached hydrogens (tertiary/aromatic N) is 4. The van der Waals surface area contributed by atoms with Crippen molar-refractivity contribution in [2.45, 2.75) is 65.7 Å². The Morgan fingerprint density at radius 2 is 1.94 bits per heavy atom. The molecule has 0 radical (unpaired) electrons. The van der Waals surface area contributed by atoms with E-state index in [2.05, 4.69) is 84.3 Å². The van der Waals surface area contributed by atoms with Gasteiger partial charge in [-0.15, -0.1) is 0 Å². The predicted octanol–water partition coefficient (Wildman–Crippen LogP) is 5.03. The van der Waals surface area contributed by atoms with Crippen LogP contribution in [0.1, 0.15) is 53.4 Å². The Kier molecular flexibility index (Phi) is 5.73. The van der Waals surface area contributed by atoms with Gasteiger partial charge in [-0.05, 0) is 73.3 Å². The molecule has 5 rings (SSSR count). The summed E-state index contributed by atoms with van der Waals surface area (Å²) in [6, 6.07) is 9.48. The van der Waals surface area contributed by atoms with E-state index in [1.807, 2.05) is 6.21 Å². The second kappa shape index (κ2) is 8.40. The lowest BCUT2D eigenvalue weighted by Gasteiger charge is -2.46. The molecule has 3 fully saturated rings. The number of anilines is 2. The van der Waals surface area contributed by atoms with Gasteiger partial charge in [-0.1, -0.05) is 33.8 Å². The molecule has 5 nitrogen and oxygen atoms in total. The van der Waals surface area contributed by atoms with Gasteiger partial charge < -0.3 is 15.1 Å². The fourth-order valence-electron chi connectivity index (χ4n) is 6.91. The average Bonchev–Trinajstić information content (AvgIpc) is 3.14. The number of piperazine rings is 1. The summed E-state index contributed by atoms with van der Waals surface area (Å²) >= 11 is 0. The highest BCUT2D eigenvalue weighted by Gasteiger charge is 2.63. The summed E-state index contributed by atoms with van der Waals surface area (Å²) in [6.07, 6.45) is 11.5. The molecule has 2 bridgehead atoms. The normalized spacial score (nSPS) is 33.8. The van der Waals surface area contributed by atoms with Crippen LogP contribution in [0.4, 0.5) is 11.4 Å². The zero-order valence-corrected chi connectivity index (χ0v) is 20.4. The highest BCUT2D eigenvalue weighted by atomic mass is 15.4. The van der Waals surface area contributed by atoms with E-state index in [0.717, 1.165) is 37.8 Å². The molecule has 0 aromatic heterocycles. The van der Waals surface area contributed by atoms with E-state index in [1.165, 1.54) is 37.9 Å². The van der Waals surface area contributed by atoms with Crippen LogP contribution in [-0.4, -0.2) is 61.1 Å². The van der Waals surface area contributed by atoms with Crippen molar-refractivity contribution in [1.29, 1.82) is 0 Å². The first-order valence-electron chi connectivity index (χ1n) is 12.7. The maximum Gasteiger partial charge on any atom is 0.196 e. The molecule has 1 aromatic rings. The molecule has 2 saturated carbocycles. The van der Waals surface area contributed by atoms with Gasteiger partial charge in [0.05, 0.1) is 0 Å². The molecule has 1 saturated heterocycles. The maximum atomic E-state index is 4.87. The van der Waals surface area contributed by atoms with Gasteiger partial charge in [0.2, 0.25) is 0 Å². The van der Waals surface area contributed by atoms with Gasteiger partial charge in [0.15, 0.2) is 6.29 Å². The van der Waals surface area contributed by atoms with Gasteiger partial charge in [-0.25, -0.2) is 4.99 Å². The van der Waals surface area contributed by atoms with Crippen molar-refractivity contribution in [3.63, 3.8) is 0 Å². The molecule has 1 aromatic carbocycles. The summed E-state index contributed by atoms with van der Waals surface area (Å²) in [6.45, 7) is 15.5. The smallest absolute Gasteiger partial charge is 0.196 e. The van der Waals surface area contributed by atoms with Crippen molar-refractivity contribution in [1.82, 2.24) is 9.80 Å². The zero-order chi connectivity index (χ0) is 22.3. The number of nitrogens with one attached hydrogen (secondary N) is 1. The molecule has 4 unspecified atom stereocenters. The zero-order valence-electron chi connectivity index (χ0n) is 20.4. The van der Waals surface area contributed by atoms with Crippen LogP contribution >= 0.6 is 0 Å². The second-order valence-electron chi connectivity index (χ2n) is 11.1. The van der Waals surface area contributed by atoms with E-state index in [4.69, 9.17) is 4.99 Å². The number of hydrogen-bond acceptors (Lipinski definition) is 5. The molecule has 2 aliphatic heterocycles. The molecule has 1 N–H and O–H groups in total. The Hall–Kier alpha value is -2.01. The minimum atomic E-state index is -0.0337. The third kappa shape index (κ3) is 3.63. The summed E-state index contributed by atoms with van der Waals surface area (Å²) < 4.78 is 0. The SMILES string of the molecule is CCCN1CCN(c2cccc(NC3N=CC=CN3C3CC4CCC3(C)C4(C)C)c2)CC1. The molecule has 0 amide bonds. The molecule has 4 atom stereocenters. The molecule has 174 valence electrons. The van der Waals surface area contributed by atoms with Crippen molar-refractivity contribution in [3.8, 4) is 0 Å². The van der Waals surface area contributed by atoms with Gasteiger partial charge in [-0.2, -0.15) is 0 Å². The fraction of sp³-hybridized carbons (Fsp3) is 0.667. The summed E-state index contributed by atoms with van der Waals surface area (Å²) in [5.41, 5.74) is 3.22. The van der Waals surface area contributed by atoms with Gasteiger partial charge in [0.1, 0.15) is 0 Å². The third-order valence-corrected chi connectivity index (χ3v) is 9.38. The molecule has 0 spiro atoms. The van der Waals surface area contributed by atoms with Crippen molar-refractivity contribution < 1.29 is 0 Å². The minimum absolute atomic E-state index is 0.0337. The maximum absolute atomic E-state index is 4.87. The van der Waals surface area contributed by atoms with E-state index < -0.39 is 0 Å². The standard InChI is InChI=1S/C27H41N5/c1-5-13-30-15-17-31(18-16-30)23-9-6-8-22(20-23)29-25-28-12-7-14-32(25)24-19-21-10-11-27(24,4)26(21,2)3/h6-9,12,14,20-21,24-25,29H,5,10-11,13,15-19H2,1-4H3. The minimum Gasteiger partial charge on any atom is -0.369 e. The quantitative estimate of drug-likeness (QED) is 0.680. The number of allylic oxidation sites excluding steroid dienone is 1. The van der Waals surface area contributed by atoms with Crippen LogP contribution in [0.15, 0.2) is 41.5 Å². The highest BCUT2D eigenvalue weighted by Crippen LogP contribution is 2.66. The van der Waals surface area contributed by atoms with Crippen LogP contribution in [0, 0.1) is 16.7 Å². The van der Waals surface area contributed by atoms with Crippen LogP contribution in [0.3, 0.4) is 0 Å². The molecule has 2 heterocycles. The van der Waals surface area contributed by atoms with Crippen LogP contribution in [0.5, 0.6) is 0 Å². The lowest BCUT2D eigenvalue weighted by molar-refractivity contribution is 0.0545. The third-order valence-electron chi connectivity index (χ3n) is 9.38. The molecule has 32 heavy (non-hydrogen) atoms. The molecule has 2 aliphatic carbocycles. The largest absolute Gasteiger partial charge is 0.369 e. The van der Waals surface area contributed by atoms with Crippen molar-refractivity contribution in [2.24, 2.45) is 21.7 Å². The van der Waals surface area contributed by atoms with E-state index in [0.29, 0.717) is 16.9 Å². The Morgan fingerprint density at radius 1 is 1.12 bits per heavy atom. The van der Waals surface area contributed by atoms with Gasteiger partial charge in [0, 0.05) is 56.0 Å². The van der Waals surface area contributed by atoms with Crippen LogP contribution in [-0.2, 0) is 0 Å². The van der Waals surface area contributed by atoms with Crippen molar-refractivity contribution >= 4 is 17.6 Å². The highest BCUT2D eigenvalue weighted by molar-refractivity contribution is 5.72. The van der Waals surface area contributed by atoms with Crippen molar-refractivity contribution in [3.05, 3.63) is 36.5 Å². The monoisotopic (exact) mass is 435 g/mol. The first kappa shape index (κ1) is 21.8. The number of hydrogen-bond donors (Lipinski definition) is 1. The Bertz CT molecular complexity index is 869. The average molecular weight is 436 g/mol. The fourth-order valence-corrected chi connectivity index (χ4v) is 6.91. The number of aliphatic imine (C=N–C) groups is 1. The van der Waals surface area contributed by atoms with Gasteiger partial charge in [-0.3, -0.25) is 4.90 Å². The molecule has 4 aliphatic rings. The Balaban J connectivity index is 1.29. The molecular weight excluding hydrogens is 394 g/mol. The van der Waals surface area contributed by atoms with Gasteiger partial charge in [0.25, 0.3) is 0 Å². The van der Waals surface area contributed by atoms with Crippen LogP contribution < -0.4 is 10.2 Å². The summed E-state index contributed by atoms with van der Waals surface area (Å²) in [7, 11) is 0. The van der Waals surface area contributed by atoms with E-state index in [-0.39, 0.29) is 6.29 Å². The van der Waals surface area contributed by atoms with Gasteiger partial charge >= 0.3 is 0 Å². The predicted molar refractivity (Wildman–Crippen MR) is 135 cm³/mol. The first-order chi connectivity index (χ1) is 15.4. The van der Waals surface area contributed by atoms with Crippen LogP contribution in [0.25, 0.3) is 0 Å². The van der Waals surface area contributed by atoms with E-state index in [1.54, 1.807) is 0 Å². The summed E-state index contributed by atoms with van der Waals surface area (Å²) in [5, 5.41) is 3.76. The number of benzene rings is 1. The second-order valence-corrected chi connectivity index (χ2v) is 11.1. The van der Waals surface area contributed by atoms with E-state index >= 15 is 0 Å². The summed E-state index contributed by atoms with van der Waals surface area (Å²) in [5.74, 6) is 0.826. The first-order valence-corrected chi connectivity index (χ1v) is 12.7. The topological polar surface area (TPSA) is 34.1 Å². The number of rotatable bonds is 6. The molecule has 5 heteroatoms. The van der Waals surface area contributed by atoms with Crippen LogP contribution in [0.2, 0.25) is 0 Å². The lowest BCUT2D eigenvalue weighted by atomic mass is 9.69. The number of fused-ring (bicyclic) bond motifs is 2. The Morgan fingerprint density at radius 3 is 2.62 bits per heavy atom. The summed E-state index contributed by atoms with van der Waals surface area (Å²) in [4.78, 5) is 12.5. The van der Waals surface area contributed by atoms with Crippen molar-refractivity contribution in [2.75, 3.05) is 42.9 Å². The Labute approximate surface area is 194 Å². The van der Waals surface area contributed by atoms with E-state index in [9.17, 15) is 0 Å².